The highest BCUT2D eigenvalue weighted by Gasteiger charge is 2.26. The van der Waals surface area contributed by atoms with Gasteiger partial charge in [-0.1, -0.05) is 19.0 Å². The molecule has 0 N–H and O–H groups in total. The van der Waals surface area contributed by atoms with Crippen LogP contribution in [-0.2, 0) is 16.0 Å². The first-order chi connectivity index (χ1) is 12.0. The molecule has 1 fully saturated rings. The number of morpholine rings is 1. The third kappa shape index (κ3) is 4.39. The monoisotopic (exact) mass is 345 g/mol. The quantitative estimate of drug-likeness (QED) is 0.816. The van der Waals surface area contributed by atoms with Gasteiger partial charge in [0.1, 0.15) is 11.9 Å². The van der Waals surface area contributed by atoms with Gasteiger partial charge in [0.2, 0.25) is 11.8 Å². The highest BCUT2D eigenvalue weighted by atomic mass is 16.5. The van der Waals surface area contributed by atoms with Crippen LogP contribution in [0.4, 0.5) is 0 Å². The van der Waals surface area contributed by atoms with Gasteiger partial charge >= 0.3 is 0 Å². The zero-order valence-electron chi connectivity index (χ0n) is 14.8. The number of amides is 1. The van der Waals surface area contributed by atoms with E-state index in [1.807, 2.05) is 31.7 Å². The van der Waals surface area contributed by atoms with E-state index in [1.54, 1.807) is 6.20 Å². The Morgan fingerprint density at radius 1 is 1.40 bits per heavy atom. The lowest BCUT2D eigenvalue weighted by molar-refractivity contribution is -0.139. The van der Waals surface area contributed by atoms with Crippen LogP contribution in [0, 0.1) is 6.92 Å². The topological polar surface area (TPSA) is 94.2 Å². The van der Waals surface area contributed by atoms with Crippen molar-refractivity contribution in [3.63, 3.8) is 0 Å². The summed E-state index contributed by atoms with van der Waals surface area (Å²) in [7, 11) is 0. The average Bonchev–Trinajstić information content (AvgIpc) is 3.09. The van der Waals surface area contributed by atoms with Crippen molar-refractivity contribution in [3.8, 4) is 0 Å². The highest BCUT2D eigenvalue weighted by molar-refractivity contribution is 5.76. The number of hydrogen-bond acceptors (Lipinski definition) is 7. The minimum Gasteiger partial charge on any atom is -0.368 e. The summed E-state index contributed by atoms with van der Waals surface area (Å²) in [6, 6.07) is 1.83. The second kappa shape index (κ2) is 7.69. The number of ether oxygens (including phenoxy) is 1. The van der Waals surface area contributed by atoms with Crippen molar-refractivity contribution in [2.45, 2.75) is 45.6 Å². The lowest BCUT2D eigenvalue weighted by Gasteiger charge is -2.32. The Morgan fingerprint density at radius 2 is 2.24 bits per heavy atom. The predicted molar refractivity (Wildman–Crippen MR) is 88.8 cm³/mol. The van der Waals surface area contributed by atoms with E-state index < -0.39 is 0 Å². The fourth-order valence-corrected chi connectivity index (χ4v) is 2.68. The summed E-state index contributed by atoms with van der Waals surface area (Å²) in [6.07, 6.45) is 2.29. The van der Waals surface area contributed by atoms with Gasteiger partial charge in [0.15, 0.2) is 5.82 Å². The van der Waals surface area contributed by atoms with Gasteiger partial charge in [0, 0.05) is 31.5 Å². The number of hydrogen-bond donors (Lipinski definition) is 0. The van der Waals surface area contributed by atoms with Crippen LogP contribution in [0.1, 0.15) is 55.5 Å². The average molecular weight is 345 g/mol. The maximum atomic E-state index is 12.5. The van der Waals surface area contributed by atoms with Crippen LogP contribution in [0.5, 0.6) is 0 Å². The van der Waals surface area contributed by atoms with E-state index >= 15 is 0 Å². The zero-order valence-corrected chi connectivity index (χ0v) is 14.8. The van der Waals surface area contributed by atoms with E-state index in [4.69, 9.17) is 9.26 Å². The molecule has 0 aromatic carbocycles. The van der Waals surface area contributed by atoms with Crippen LogP contribution in [0.2, 0.25) is 0 Å². The minimum atomic E-state index is -0.213. The third-order valence-corrected chi connectivity index (χ3v) is 4.10. The van der Waals surface area contributed by atoms with Crippen molar-refractivity contribution in [3.05, 3.63) is 35.5 Å². The van der Waals surface area contributed by atoms with Gasteiger partial charge in [-0.2, -0.15) is 4.98 Å². The summed E-state index contributed by atoms with van der Waals surface area (Å²) in [5.74, 6) is 2.15. The molecule has 1 aliphatic rings. The molecule has 1 amide bonds. The molecular formula is C17H23N5O3. The zero-order chi connectivity index (χ0) is 17.8. The molecule has 25 heavy (non-hydrogen) atoms. The summed E-state index contributed by atoms with van der Waals surface area (Å²) >= 11 is 0. The first kappa shape index (κ1) is 17.5. The molecule has 0 spiro atoms. The first-order valence-electron chi connectivity index (χ1n) is 8.54. The van der Waals surface area contributed by atoms with Gasteiger partial charge in [0.25, 0.3) is 0 Å². The molecule has 1 saturated heterocycles. The molecule has 1 aliphatic heterocycles. The number of nitrogens with zero attached hydrogens (tertiary/aromatic N) is 5. The largest absolute Gasteiger partial charge is 0.368 e. The molecule has 2 aromatic rings. The number of aromatic nitrogens is 4. The fraction of sp³-hybridized carbons (Fsp3) is 0.588. The van der Waals surface area contributed by atoms with Crippen LogP contribution in [0.25, 0.3) is 0 Å². The summed E-state index contributed by atoms with van der Waals surface area (Å²) in [5.41, 5.74) is 0.809. The molecule has 134 valence electrons. The fourth-order valence-electron chi connectivity index (χ4n) is 2.68. The number of carbonyl (C=O) groups is 1. The molecular weight excluding hydrogens is 322 g/mol. The molecule has 1 atom stereocenters. The molecule has 3 heterocycles. The third-order valence-electron chi connectivity index (χ3n) is 4.10. The molecule has 0 bridgehead atoms. The van der Waals surface area contributed by atoms with Gasteiger partial charge in [0.05, 0.1) is 18.8 Å². The summed E-state index contributed by atoms with van der Waals surface area (Å²) in [5, 5.41) is 3.92. The van der Waals surface area contributed by atoms with Crippen molar-refractivity contribution in [2.24, 2.45) is 0 Å². The van der Waals surface area contributed by atoms with Crippen molar-refractivity contribution < 1.29 is 14.1 Å². The summed E-state index contributed by atoms with van der Waals surface area (Å²) in [4.78, 5) is 27.1. The summed E-state index contributed by atoms with van der Waals surface area (Å²) < 4.78 is 11.0. The van der Waals surface area contributed by atoms with Gasteiger partial charge in [-0.25, -0.2) is 9.97 Å². The van der Waals surface area contributed by atoms with Crippen molar-refractivity contribution in [1.29, 1.82) is 0 Å². The second-order valence-electron chi connectivity index (χ2n) is 6.43. The maximum Gasteiger partial charge on any atom is 0.227 e. The van der Waals surface area contributed by atoms with Crippen molar-refractivity contribution >= 4 is 5.91 Å². The first-order valence-corrected chi connectivity index (χ1v) is 8.54. The highest BCUT2D eigenvalue weighted by Crippen LogP contribution is 2.21. The van der Waals surface area contributed by atoms with Gasteiger partial charge in [-0.15, -0.1) is 0 Å². The van der Waals surface area contributed by atoms with Crippen LogP contribution in [0.15, 0.2) is 16.8 Å². The number of aryl methyl sites for hydroxylation is 2. The Morgan fingerprint density at radius 3 is 2.96 bits per heavy atom. The van der Waals surface area contributed by atoms with Gasteiger partial charge < -0.3 is 14.2 Å². The molecule has 8 heteroatoms. The second-order valence-corrected chi connectivity index (χ2v) is 6.43. The van der Waals surface area contributed by atoms with Gasteiger partial charge in [-0.05, 0) is 13.0 Å². The van der Waals surface area contributed by atoms with E-state index in [-0.39, 0.29) is 17.9 Å². The Labute approximate surface area is 146 Å². The van der Waals surface area contributed by atoms with E-state index in [0.717, 1.165) is 5.69 Å². The number of rotatable bonds is 5. The van der Waals surface area contributed by atoms with Crippen LogP contribution >= 0.6 is 0 Å². The molecule has 0 radical (unpaired) electrons. The normalized spacial score (nSPS) is 17.9. The van der Waals surface area contributed by atoms with Gasteiger partial charge in [-0.3, -0.25) is 4.79 Å². The molecule has 8 nitrogen and oxygen atoms in total. The SMILES string of the molecule is Cc1nccc(C2CN(C(=O)CCc3nc(C(C)C)no3)CCO2)n1. The van der Waals surface area contributed by atoms with E-state index in [0.29, 0.717) is 50.1 Å². The standard InChI is InChI=1S/C17H23N5O3/c1-11(2)17-20-15(25-21-17)4-5-16(23)22-8-9-24-14(10-22)13-6-7-18-12(3)19-13/h6-7,11,14H,4-5,8-10H2,1-3H3. The maximum absolute atomic E-state index is 12.5. The van der Waals surface area contributed by atoms with E-state index in [1.165, 1.54) is 0 Å². The Bertz CT molecular complexity index is 731. The lowest BCUT2D eigenvalue weighted by atomic mass is 10.1. The van der Waals surface area contributed by atoms with E-state index in [2.05, 4.69) is 20.1 Å². The van der Waals surface area contributed by atoms with Crippen LogP contribution in [-0.4, -0.2) is 50.6 Å². The van der Waals surface area contributed by atoms with Crippen LogP contribution < -0.4 is 0 Å². The molecule has 3 rings (SSSR count). The Hall–Kier alpha value is -2.35. The summed E-state index contributed by atoms with van der Waals surface area (Å²) in [6.45, 7) is 7.42. The lowest BCUT2D eigenvalue weighted by Crippen LogP contribution is -2.42. The molecule has 1 unspecified atom stereocenters. The molecule has 0 aliphatic carbocycles. The van der Waals surface area contributed by atoms with Crippen LogP contribution in [0.3, 0.4) is 0 Å². The van der Waals surface area contributed by atoms with Crippen molar-refractivity contribution in [2.75, 3.05) is 19.7 Å². The van der Waals surface area contributed by atoms with E-state index in [9.17, 15) is 4.79 Å². The molecule has 0 saturated carbocycles. The molecule has 2 aromatic heterocycles. The Balaban J connectivity index is 1.56. The minimum absolute atomic E-state index is 0.0587. The Kier molecular flexibility index (Phi) is 5.37. The number of carbonyl (C=O) groups excluding carboxylic acids is 1. The smallest absolute Gasteiger partial charge is 0.227 e. The van der Waals surface area contributed by atoms with Crippen molar-refractivity contribution in [1.82, 2.24) is 25.0 Å². The predicted octanol–water partition coefficient (Wildman–Crippen LogP) is 1.82.